The lowest BCUT2D eigenvalue weighted by Gasteiger charge is -2.09. The van der Waals surface area contributed by atoms with Crippen molar-refractivity contribution in [1.82, 2.24) is 0 Å². The molecule has 0 radical (unpaired) electrons. The highest BCUT2D eigenvalue weighted by Gasteiger charge is 2.09. The van der Waals surface area contributed by atoms with E-state index in [9.17, 15) is 4.79 Å². The summed E-state index contributed by atoms with van der Waals surface area (Å²) in [5, 5.41) is 8.98. The number of nitrogens with two attached hydrogens (primary N) is 1. The van der Waals surface area contributed by atoms with Crippen LogP contribution in [0.3, 0.4) is 0 Å². The summed E-state index contributed by atoms with van der Waals surface area (Å²) in [6.45, 7) is 4.46. The van der Waals surface area contributed by atoms with Gasteiger partial charge in [-0.2, -0.15) is 0 Å². The zero-order chi connectivity index (χ0) is 11.4. The van der Waals surface area contributed by atoms with Crippen molar-refractivity contribution in [2.45, 2.75) is 26.7 Å². The van der Waals surface area contributed by atoms with Crippen LogP contribution >= 0.6 is 0 Å². The molecule has 0 amide bonds. The quantitative estimate of drug-likeness (QED) is 0.792. The first-order chi connectivity index (χ1) is 7.06. The van der Waals surface area contributed by atoms with Crippen molar-refractivity contribution in [3.05, 3.63) is 34.4 Å². The van der Waals surface area contributed by atoms with Crippen LogP contribution in [0, 0.1) is 13.8 Å². The van der Waals surface area contributed by atoms with Gasteiger partial charge in [0, 0.05) is 0 Å². The Hall–Kier alpha value is -1.35. The molecule has 1 aromatic carbocycles. The van der Waals surface area contributed by atoms with Crippen LogP contribution < -0.4 is 5.73 Å². The number of aromatic carboxylic acids is 1. The predicted octanol–water partition coefficient (Wildman–Crippen LogP) is 1.89. The predicted molar refractivity (Wildman–Crippen MR) is 60.3 cm³/mol. The maximum atomic E-state index is 10.9. The van der Waals surface area contributed by atoms with Gasteiger partial charge in [0.2, 0.25) is 0 Å². The number of aryl methyl sites for hydroxylation is 3. The minimum absolute atomic E-state index is 0.396. The number of carbonyl (C=O) groups is 1. The SMILES string of the molecule is Cc1cc(C)c(C(=O)O)cc1CCCN. The molecule has 82 valence electrons. The molecule has 3 N–H and O–H groups in total. The van der Waals surface area contributed by atoms with E-state index in [4.69, 9.17) is 10.8 Å². The Labute approximate surface area is 89.9 Å². The van der Waals surface area contributed by atoms with Gasteiger partial charge in [0.25, 0.3) is 0 Å². The molecular formula is C12H17NO2. The Morgan fingerprint density at radius 1 is 1.33 bits per heavy atom. The Bertz CT molecular complexity index is 372. The molecule has 3 heteroatoms. The van der Waals surface area contributed by atoms with Crippen LogP contribution in [0.15, 0.2) is 12.1 Å². The molecule has 15 heavy (non-hydrogen) atoms. The maximum Gasteiger partial charge on any atom is 0.335 e. The zero-order valence-electron chi connectivity index (χ0n) is 9.21. The van der Waals surface area contributed by atoms with Gasteiger partial charge < -0.3 is 10.8 Å². The van der Waals surface area contributed by atoms with Crippen LogP contribution in [0.25, 0.3) is 0 Å². The van der Waals surface area contributed by atoms with E-state index in [1.165, 1.54) is 0 Å². The van der Waals surface area contributed by atoms with E-state index in [-0.39, 0.29) is 0 Å². The lowest BCUT2D eigenvalue weighted by Crippen LogP contribution is -2.05. The van der Waals surface area contributed by atoms with Crippen LogP contribution in [-0.4, -0.2) is 17.6 Å². The number of benzene rings is 1. The minimum Gasteiger partial charge on any atom is -0.478 e. The zero-order valence-corrected chi connectivity index (χ0v) is 9.21. The standard InChI is InChI=1S/C12H17NO2/c1-8-6-9(2)11(12(14)15)7-10(8)4-3-5-13/h6-7H,3-5,13H2,1-2H3,(H,14,15). The third kappa shape index (κ3) is 2.80. The van der Waals surface area contributed by atoms with Gasteiger partial charge in [0.05, 0.1) is 5.56 Å². The van der Waals surface area contributed by atoms with Crippen molar-refractivity contribution in [2.75, 3.05) is 6.54 Å². The van der Waals surface area contributed by atoms with E-state index in [0.717, 1.165) is 29.5 Å². The normalized spacial score (nSPS) is 10.3. The third-order valence-electron chi connectivity index (χ3n) is 2.56. The lowest BCUT2D eigenvalue weighted by molar-refractivity contribution is 0.0696. The molecule has 1 aromatic rings. The van der Waals surface area contributed by atoms with E-state index in [1.54, 1.807) is 6.07 Å². The number of rotatable bonds is 4. The van der Waals surface area contributed by atoms with E-state index >= 15 is 0 Å². The maximum absolute atomic E-state index is 10.9. The van der Waals surface area contributed by atoms with Crippen LogP contribution in [0.1, 0.15) is 33.5 Å². The van der Waals surface area contributed by atoms with Gasteiger partial charge in [-0.25, -0.2) is 4.79 Å². The smallest absolute Gasteiger partial charge is 0.335 e. The second-order valence-electron chi connectivity index (χ2n) is 3.79. The molecule has 0 heterocycles. The fraction of sp³-hybridized carbons (Fsp3) is 0.417. The summed E-state index contributed by atoms with van der Waals surface area (Å²) in [5.41, 5.74) is 8.88. The summed E-state index contributed by atoms with van der Waals surface area (Å²) in [6.07, 6.45) is 1.74. The summed E-state index contributed by atoms with van der Waals surface area (Å²) in [5.74, 6) is -0.860. The van der Waals surface area contributed by atoms with Crippen molar-refractivity contribution in [3.63, 3.8) is 0 Å². The molecule has 0 atom stereocenters. The first-order valence-corrected chi connectivity index (χ1v) is 5.09. The number of hydrogen-bond acceptors (Lipinski definition) is 2. The molecule has 0 aromatic heterocycles. The topological polar surface area (TPSA) is 63.3 Å². The average molecular weight is 207 g/mol. The van der Waals surface area contributed by atoms with Crippen molar-refractivity contribution in [3.8, 4) is 0 Å². The third-order valence-corrected chi connectivity index (χ3v) is 2.56. The van der Waals surface area contributed by atoms with E-state index < -0.39 is 5.97 Å². The number of hydrogen-bond donors (Lipinski definition) is 2. The second kappa shape index (κ2) is 4.94. The summed E-state index contributed by atoms with van der Waals surface area (Å²) < 4.78 is 0. The molecule has 0 aliphatic heterocycles. The Balaban J connectivity index is 3.06. The average Bonchev–Trinajstić information content (AvgIpc) is 2.16. The van der Waals surface area contributed by atoms with Gasteiger partial charge >= 0.3 is 5.97 Å². The largest absolute Gasteiger partial charge is 0.478 e. The van der Waals surface area contributed by atoms with Gasteiger partial charge in [-0.3, -0.25) is 0 Å². The Morgan fingerprint density at radius 2 is 2.00 bits per heavy atom. The Kier molecular flexibility index (Phi) is 3.86. The molecule has 1 rings (SSSR count). The minimum atomic E-state index is -0.860. The molecule has 0 aliphatic rings. The van der Waals surface area contributed by atoms with Crippen molar-refractivity contribution < 1.29 is 9.90 Å². The molecular weight excluding hydrogens is 190 g/mol. The molecule has 0 spiro atoms. The fourth-order valence-corrected chi connectivity index (χ4v) is 1.69. The van der Waals surface area contributed by atoms with Crippen molar-refractivity contribution in [2.24, 2.45) is 5.73 Å². The molecule has 0 fully saturated rings. The van der Waals surface area contributed by atoms with Crippen LogP contribution in [0.2, 0.25) is 0 Å². The van der Waals surface area contributed by atoms with Gasteiger partial charge in [-0.05, 0) is 56.0 Å². The van der Waals surface area contributed by atoms with Crippen LogP contribution in [0.5, 0.6) is 0 Å². The highest BCUT2D eigenvalue weighted by molar-refractivity contribution is 5.89. The van der Waals surface area contributed by atoms with Crippen LogP contribution in [-0.2, 0) is 6.42 Å². The molecule has 0 bridgehead atoms. The highest BCUT2D eigenvalue weighted by atomic mass is 16.4. The summed E-state index contributed by atoms with van der Waals surface area (Å²) >= 11 is 0. The van der Waals surface area contributed by atoms with Crippen molar-refractivity contribution >= 4 is 5.97 Å². The molecule has 0 saturated heterocycles. The van der Waals surface area contributed by atoms with Gasteiger partial charge in [0.15, 0.2) is 0 Å². The van der Waals surface area contributed by atoms with Gasteiger partial charge in [-0.1, -0.05) is 6.07 Å². The van der Waals surface area contributed by atoms with Crippen LogP contribution in [0.4, 0.5) is 0 Å². The monoisotopic (exact) mass is 207 g/mol. The first-order valence-electron chi connectivity index (χ1n) is 5.09. The Morgan fingerprint density at radius 3 is 2.53 bits per heavy atom. The fourth-order valence-electron chi connectivity index (χ4n) is 1.69. The second-order valence-corrected chi connectivity index (χ2v) is 3.79. The molecule has 0 aliphatic carbocycles. The number of carboxylic acid groups (broad SMARTS) is 1. The van der Waals surface area contributed by atoms with Gasteiger partial charge in [0.1, 0.15) is 0 Å². The summed E-state index contributed by atoms with van der Waals surface area (Å²) in [7, 11) is 0. The van der Waals surface area contributed by atoms with E-state index in [0.29, 0.717) is 12.1 Å². The highest BCUT2D eigenvalue weighted by Crippen LogP contribution is 2.17. The summed E-state index contributed by atoms with van der Waals surface area (Å²) in [4.78, 5) is 10.9. The van der Waals surface area contributed by atoms with Gasteiger partial charge in [-0.15, -0.1) is 0 Å². The molecule has 0 unspecified atom stereocenters. The summed E-state index contributed by atoms with van der Waals surface area (Å²) in [6, 6.07) is 3.69. The molecule has 3 nitrogen and oxygen atoms in total. The molecule has 0 saturated carbocycles. The van der Waals surface area contributed by atoms with Crippen molar-refractivity contribution in [1.29, 1.82) is 0 Å². The lowest BCUT2D eigenvalue weighted by atomic mass is 9.97. The van der Waals surface area contributed by atoms with E-state index in [2.05, 4.69) is 0 Å². The van der Waals surface area contributed by atoms with E-state index in [1.807, 2.05) is 19.9 Å². The first kappa shape index (κ1) is 11.7. The number of carboxylic acids is 1.